The number of anilines is 1. The summed E-state index contributed by atoms with van der Waals surface area (Å²) in [5.74, 6) is -0.0608. The van der Waals surface area contributed by atoms with Gasteiger partial charge in [0.2, 0.25) is 10.0 Å². The van der Waals surface area contributed by atoms with E-state index in [4.69, 9.17) is 4.74 Å². The Hall–Kier alpha value is -1.97. The molecule has 0 saturated carbocycles. The number of sulfonamides is 1. The van der Waals surface area contributed by atoms with Gasteiger partial charge in [-0.1, -0.05) is 13.8 Å². The van der Waals surface area contributed by atoms with Crippen molar-refractivity contribution in [1.82, 2.24) is 9.29 Å². The molecular formula is C17H20BrN3O4S. The Morgan fingerprint density at radius 2 is 1.92 bits per heavy atom. The second-order valence-electron chi connectivity index (χ2n) is 5.30. The molecular weight excluding hydrogens is 422 g/mol. The van der Waals surface area contributed by atoms with Gasteiger partial charge in [0, 0.05) is 30.0 Å². The van der Waals surface area contributed by atoms with Crippen LogP contribution in [0.2, 0.25) is 0 Å². The normalized spacial score (nSPS) is 11.4. The third-order valence-corrected chi connectivity index (χ3v) is 6.21. The zero-order valence-electron chi connectivity index (χ0n) is 14.7. The number of ether oxygens (including phenoxy) is 1. The summed E-state index contributed by atoms with van der Waals surface area (Å²) in [4.78, 5) is 16.5. The maximum atomic E-state index is 12.7. The third-order valence-electron chi connectivity index (χ3n) is 3.73. The number of hydrogen-bond donors (Lipinski definition) is 1. The number of methoxy groups -OCH3 is 1. The van der Waals surface area contributed by atoms with Gasteiger partial charge in [-0.2, -0.15) is 4.31 Å². The molecule has 7 nitrogen and oxygen atoms in total. The van der Waals surface area contributed by atoms with Crippen LogP contribution in [0.1, 0.15) is 24.2 Å². The number of pyridine rings is 1. The Balaban J connectivity index is 2.40. The number of amides is 1. The Morgan fingerprint density at radius 1 is 1.23 bits per heavy atom. The number of halogens is 1. The number of aromatic nitrogens is 1. The van der Waals surface area contributed by atoms with E-state index in [1.807, 2.05) is 0 Å². The summed E-state index contributed by atoms with van der Waals surface area (Å²) in [6.45, 7) is 4.26. The summed E-state index contributed by atoms with van der Waals surface area (Å²) >= 11 is 3.26. The molecule has 0 fully saturated rings. The van der Waals surface area contributed by atoms with E-state index in [1.54, 1.807) is 26.1 Å². The van der Waals surface area contributed by atoms with Crippen molar-refractivity contribution in [2.45, 2.75) is 18.7 Å². The van der Waals surface area contributed by atoms with E-state index in [2.05, 4.69) is 26.2 Å². The number of hydrogen-bond acceptors (Lipinski definition) is 5. The van der Waals surface area contributed by atoms with Gasteiger partial charge in [0.25, 0.3) is 5.91 Å². The van der Waals surface area contributed by atoms with Gasteiger partial charge in [-0.15, -0.1) is 0 Å². The lowest BCUT2D eigenvalue weighted by atomic mass is 10.2. The Bertz CT molecular complexity index is 899. The van der Waals surface area contributed by atoms with Crippen LogP contribution < -0.4 is 10.1 Å². The molecule has 26 heavy (non-hydrogen) atoms. The fourth-order valence-corrected chi connectivity index (χ4v) is 4.24. The van der Waals surface area contributed by atoms with Crippen molar-refractivity contribution in [2.24, 2.45) is 0 Å². The molecule has 2 rings (SSSR count). The maximum absolute atomic E-state index is 12.7. The fraction of sp³-hybridized carbons (Fsp3) is 0.294. The number of benzene rings is 1. The van der Waals surface area contributed by atoms with Crippen molar-refractivity contribution in [3.05, 3.63) is 46.7 Å². The van der Waals surface area contributed by atoms with Crippen molar-refractivity contribution in [2.75, 3.05) is 25.5 Å². The molecule has 0 saturated heterocycles. The highest BCUT2D eigenvalue weighted by molar-refractivity contribution is 9.10. The van der Waals surface area contributed by atoms with Crippen LogP contribution in [0.3, 0.4) is 0 Å². The lowest BCUT2D eigenvalue weighted by Gasteiger charge is -2.19. The van der Waals surface area contributed by atoms with Crippen molar-refractivity contribution < 1.29 is 17.9 Å². The van der Waals surface area contributed by atoms with Gasteiger partial charge in [-0.25, -0.2) is 8.42 Å². The molecule has 0 aliphatic heterocycles. The number of nitrogens with one attached hydrogen (secondary N) is 1. The van der Waals surface area contributed by atoms with Crippen molar-refractivity contribution >= 4 is 37.5 Å². The molecule has 1 N–H and O–H groups in total. The minimum absolute atomic E-state index is 0.0877. The number of rotatable bonds is 7. The summed E-state index contributed by atoms with van der Waals surface area (Å²) in [6.07, 6.45) is 2.98. The van der Waals surface area contributed by atoms with E-state index in [1.165, 1.54) is 35.8 Å². The molecule has 0 radical (unpaired) electrons. The van der Waals surface area contributed by atoms with Gasteiger partial charge < -0.3 is 10.1 Å². The molecule has 0 aliphatic rings. The second-order valence-corrected chi connectivity index (χ2v) is 8.15. The van der Waals surface area contributed by atoms with Crippen molar-refractivity contribution in [3.8, 4) is 5.75 Å². The zero-order chi connectivity index (χ0) is 19.3. The van der Waals surface area contributed by atoms with E-state index in [0.29, 0.717) is 28.9 Å². The predicted molar refractivity (Wildman–Crippen MR) is 103 cm³/mol. The molecule has 9 heteroatoms. The molecule has 140 valence electrons. The first-order valence-corrected chi connectivity index (χ1v) is 10.2. The number of carbonyl (C=O) groups excluding carboxylic acids is 1. The molecule has 2 aromatic rings. The first-order chi connectivity index (χ1) is 12.3. The molecule has 1 amide bonds. The Morgan fingerprint density at radius 3 is 2.50 bits per heavy atom. The van der Waals surface area contributed by atoms with Crippen LogP contribution in [0.5, 0.6) is 5.75 Å². The molecule has 0 bridgehead atoms. The van der Waals surface area contributed by atoms with Crippen LogP contribution in [0, 0.1) is 0 Å². The molecule has 1 heterocycles. The zero-order valence-corrected chi connectivity index (χ0v) is 17.1. The summed E-state index contributed by atoms with van der Waals surface area (Å²) in [7, 11) is -2.20. The van der Waals surface area contributed by atoms with Crippen LogP contribution in [0.4, 0.5) is 5.69 Å². The van der Waals surface area contributed by atoms with E-state index in [-0.39, 0.29) is 10.6 Å². The highest BCUT2D eigenvalue weighted by atomic mass is 79.9. The standard InChI is InChI=1S/C17H20BrN3O4S/c1-4-21(5-2)26(23,24)14-6-7-16(25-3)15(9-14)20-17(22)12-8-13(18)11-19-10-12/h6-11H,4-5H2,1-3H3,(H,20,22). The van der Waals surface area contributed by atoms with Crippen LogP contribution in [0.15, 0.2) is 46.0 Å². The molecule has 0 spiro atoms. The molecule has 0 atom stereocenters. The summed E-state index contributed by atoms with van der Waals surface area (Å²) in [6, 6.07) is 6.00. The molecule has 0 unspecified atom stereocenters. The maximum Gasteiger partial charge on any atom is 0.257 e. The highest BCUT2D eigenvalue weighted by Crippen LogP contribution is 2.29. The van der Waals surface area contributed by atoms with Gasteiger partial charge in [0.1, 0.15) is 5.75 Å². The van der Waals surface area contributed by atoms with Crippen molar-refractivity contribution in [3.63, 3.8) is 0 Å². The van der Waals surface area contributed by atoms with Crippen LogP contribution in [-0.4, -0.2) is 43.8 Å². The second kappa shape index (κ2) is 8.61. The van der Waals surface area contributed by atoms with Gasteiger partial charge in [0.05, 0.1) is 23.3 Å². The van der Waals surface area contributed by atoms with E-state index < -0.39 is 15.9 Å². The van der Waals surface area contributed by atoms with Gasteiger partial charge in [0.15, 0.2) is 0 Å². The number of carbonyl (C=O) groups is 1. The smallest absolute Gasteiger partial charge is 0.257 e. The SMILES string of the molecule is CCN(CC)S(=O)(=O)c1ccc(OC)c(NC(=O)c2cncc(Br)c2)c1. The minimum atomic E-state index is -3.65. The van der Waals surface area contributed by atoms with E-state index in [9.17, 15) is 13.2 Å². The largest absolute Gasteiger partial charge is 0.495 e. The molecule has 1 aromatic carbocycles. The predicted octanol–water partition coefficient (Wildman–Crippen LogP) is 3.14. The fourth-order valence-electron chi connectivity index (χ4n) is 2.39. The van der Waals surface area contributed by atoms with Crippen LogP contribution >= 0.6 is 15.9 Å². The van der Waals surface area contributed by atoms with Gasteiger partial charge in [-0.3, -0.25) is 9.78 Å². The average Bonchev–Trinajstić information content (AvgIpc) is 2.62. The Kier molecular flexibility index (Phi) is 6.74. The van der Waals surface area contributed by atoms with Gasteiger partial charge >= 0.3 is 0 Å². The quantitative estimate of drug-likeness (QED) is 0.712. The van der Waals surface area contributed by atoms with E-state index >= 15 is 0 Å². The van der Waals surface area contributed by atoms with Crippen molar-refractivity contribution in [1.29, 1.82) is 0 Å². The first kappa shape index (κ1) is 20.3. The van der Waals surface area contributed by atoms with Crippen LogP contribution in [0.25, 0.3) is 0 Å². The minimum Gasteiger partial charge on any atom is -0.495 e. The topological polar surface area (TPSA) is 88.6 Å². The highest BCUT2D eigenvalue weighted by Gasteiger charge is 2.23. The summed E-state index contributed by atoms with van der Waals surface area (Å²) in [5.41, 5.74) is 0.601. The monoisotopic (exact) mass is 441 g/mol. The summed E-state index contributed by atoms with van der Waals surface area (Å²) < 4.78 is 32.7. The summed E-state index contributed by atoms with van der Waals surface area (Å²) in [5, 5.41) is 2.68. The first-order valence-electron chi connectivity index (χ1n) is 7.93. The van der Waals surface area contributed by atoms with Crippen LogP contribution in [-0.2, 0) is 10.0 Å². The lowest BCUT2D eigenvalue weighted by Crippen LogP contribution is -2.30. The Labute approximate surface area is 161 Å². The molecule has 1 aromatic heterocycles. The lowest BCUT2D eigenvalue weighted by molar-refractivity contribution is 0.102. The third kappa shape index (κ3) is 4.40. The number of nitrogens with zero attached hydrogens (tertiary/aromatic N) is 2. The van der Waals surface area contributed by atoms with Gasteiger partial charge in [-0.05, 0) is 40.2 Å². The molecule has 0 aliphatic carbocycles. The average molecular weight is 442 g/mol. The van der Waals surface area contributed by atoms with E-state index in [0.717, 1.165) is 0 Å².